The summed E-state index contributed by atoms with van der Waals surface area (Å²) >= 11 is 1.61. The van der Waals surface area contributed by atoms with Gasteiger partial charge in [0.2, 0.25) is 5.91 Å². The van der Waals surface area contributed by atoms with E-state index in [0.29, 0.717) is 30.3 Å². The third-order valence-corrected chi connectivity index (χ3v) is 5.96. The van der Waals surface area contributed by atoms with Crippen molar-refractivity contribution in [2.24, 2.45) is 0 Å². The number of nitrogens with zero attached hydrogens (tertiary/aromatic N) is 3. The molecule has 7 heteroatoms. The normalized spacial score (nSPS) is 16.5. The van der Waals surface area contributed by atoms with Crippen molar-refractivity contribution in [1.29, 1.82) is 0 Å². The molecule has 1 N–H and O–H groups in total. The molecular weight excluding hydrogens is 372 g/mol. The molecule has 0 spiro atoms. The highest BCUT2D eigenvalue weighted by molar-refractivity contribution is 7.99. The van der Waals surface area contributed by atoms with E-state index in [1.807, 2.05) is 49.4 Å². The number of hydrogen-bond acceptors (Lipinski definition) is 4. The Morgan fingerprint density at radius 2 is 1.89 bits per heavy atom. The highest BCUT2D eigenvalue weighted by Crippen LogP contribution is 2.23. The Kier molecular flexibility index (Phi) is 5.34. The van der Waals surface area contributed by atoms with Crippen LogP contribution in [0.25, 0.3) is 11.0 Å². The minimum atomic E-state index is -0.432. The van der Waals surface area contributed by atoms with Crippen molar-refractivity contribution in [2.45, 2.75) is 19.5 Å². The van der Waals surface area contributed by atoms with E-state index < -0.39 is 6.04 Å². The van der Waals surface area contributed by atoms with Gasteiger partial charge in [0, 0.05) is 24.4 Å². The topological polar surface area (TPSA) is 67.2 Å². The van der Waals surface area contributed by atoms with Gasteiger partial charge in [0.25, 0.3) is 5.91 Å². The quantitative estimate of drug-likeness (QED) is 0.723. The van der Waals surface area contributed by atoms with Crippen LogP contribution in [-0.4, -0.2) is 50.5 Å². The second-order valence-corrected chi connectivity index (χ2v) is 7.75. The third kappa shape index (κ3) is 3.62. The number of benzene rings is 2. The number of nitrogens with one attached hydrogen (secondary N) is 1. The van der Waals surface area contributed by atoms with E-state index in [9.17, 15) is 9.59 Å². The van der Waals surface area contributed by atoms with Crippen LogP contribution in [0.1, 0.15) is 16.2 Å². The Hall–Kier alpha value is -2.80. The highest BCUT2D eigenvalue weighted by Gasteiger charge is 2.34. The van der Waals surface area contributed by atoms with E-state index in [4.69, 9.17) is 0 Å². The number of carbonyl (C=O) groups excluding carboxylic acids is 2. The lowest BCUT2D eigenvalue weighted by Crippen LogP contribution is -2.47. The number of rotatable bonds is 5. The van der Waals surface area contributed by atoms with Gasteiger partial charge in [-0.3, -0.25) is 9.59 Å². The van der Waals surface area contributed by atoms with Gasteiger partial charge in [0.15, 0.2) is 0 Å². The molecule has 1 aliphatic heterocycles. The summed E-state index contributed by atoms with van der Waals surface area (Å²) in [5.41, 5.74) is 2.63. The fourth-order valence-electron chi connectivity index (χ4n) is 3.49. The first-order valence-corrected chi connectivity index (χ1v) is 10.4. The maximum absolute atomic E-state index is 12.7. The lowest BCUT2D eigenvalue weighted by molar-refractivity contribution is -0.124. The van der Waals surface area contributed by atoms with Crippen molar-refractivity contribution in [3.63, 3.8) is 0 Å². The molecule has 1 saturated heterocycles. The zero-order valence-electron chi connectivity index (χ0n) is 15.7. The molecule has 1 aromatic heterocycles. The van der Waals surface area contributed by atoms with Crippen molar-refractivity contribution in [3.05, 3.63) is 66.0 Å². The largest absolute Gasteiger partial charge is 0.352 e. The van der Waals surface area contributed by atoms with Crippen LogP contribution in [0.2, 0.25) is 0 Å². The van der Waals surface area contributed by atoms with Gasteiger partial charge in [-0.25, -0.2) is 4.98 Å². The molecule has 0 saturated carbocycles. The first kappa shape index (κ1) is 18.6. The molecule has 1 atom stereocenters. The fraction of sp³-hybridized carbons (Fsp3) is 0.286. The lowest BCUT2D eigenvalue weighted by Gasteiger charge is -2.23. The Bertz CT molecular complexity index is 1000. The van der Waals surface area contributed by atoms with Gasteiger partial charge in [0.1, 0.15) is 11.9 Å². The molecule has 144 valence electrons. The summed E-state index contributed by atoms with van der Waals surface area (Å²) < 4.78 is 2.10. The summed E-state index contributed by atoms with van der Waals surface area (Å²) in [4.78, 5) is 31.7. The molecule has 6 nitrogen and oxygen atoms in total. The van der Waals surface area contributed by atoms with Crippen molar-refractivity contribution >= 4 is 34.6 Å². The Morgan fingerprint density at radius 1 is 1.14 bits per heavy atom. The lowest BCUT2D eigenvalue weighted by atomic mass is 10.1. The molecular formula is C21H22N4O2S. The number of hydrogen-bond donors (Lipinski definition) is 1. The van der Waals surface area contributed by atoms with Crippen LogP contribution in [0.3, 0.4) is 0 Å². The number of thioether (sulfide) groups is 1. The summed E-state index contributed by atoms with van der Waals surface area (Å²) in [6.45, 7) is 3.11. The Morgan fingerprint density at radius 3 is 2.71 bits per heavy atom. The molecule has 3 aromatic rings. The number of carbonyl (C=O) groups is 2. The van der Waals surface area contributed by atoms with Crippen molar-refractivity contribution in [1.82, 2.24) is 19.8 Å². The Labute approximate surface area is 167 Å². The van der Waals surface area contributed by atoms with Crippen molar-refractivity contribution in [3.8, 4) is 0 Å². The maximum atomic E-state index is 12.7. The van der Waals surface area contributed by atoms with Gasteiger partial charge >= 0.3 is 0 Å². The second kappa shape index (κ2) is 8.06. The smallest absolute Gasteiger partial charge is 0.255 e. The number of para-hydroxylation sites is 2. The monoisotopic (exact) mass is 394 g/mol. The minimum Gasteiger partial charge on any atom is -0.352 e. The molecule has 2 aromatic carbocycles. The van der Waals surface area contributed by atoms with Crippen molar-refractivity contribution in [2.75, 3.05) is 18.2 Å². The molecule has 4 rings (SSSR count). The fourth-order valence-corrected chi connectivity index (χ4v) is 4.65. The second-order valence-electron chi connectivity index (χ2n) is 6.75. The van der Waals surface area contributed by atoms with Crippen molar-refractivity contribution < 1.29 is 9.59 Å². The SMILES string of the molecule is Cc1nc2ccccc2n1CCNC(=O)C1CSCN1C(=O)c1ccccc1. The first-order valence-electron chi connectivity index (χ1n) is 9.28. The molecule has 2 amide bonds. The molecule has 1 fully saturated rings. The molecule has 0 aliphatic carbocycles. The van der Waals surface area contributed by atoms with Gasteiger partial charge in [0.05, 0.1) is 16.9 Å². The zero-order chi connectivity index (χ0) is 19.5. The van der Waals surface area contributed by atoms with Crippen LogP contribution in [-0.2, 0) is 11.3 Å². The van der Waals surface area contributed by atoms with Crippen LogP contribution >= 0.6 is 11.8 Å². The molecule has 28 heavy (non-hydrogen) atoms. The molecule has 0 bridgehead atoms. The predicted molar refractivity (Wildman–Crippen MR) is 111 cm³/mol. The van der Waals surface area contributed by atoms with E-state index in [2.05, 4.69) is 14.9 Å². The average molecular weight is 395 g/mol. The van der Waals surface area contributed by atoms with E-state index >= 15 is 0 Å². The standard InChI is InChI=1S/C21H22N4O2S/c1-15-23-17-9-5-6-10-18(17)24(15)12-11-22-20(26)19-13-28-14-25(19)21(27)16-7-3-2-4-8-16/h2-10,19H,11-14H2,1H3,(H,22,26). The van der Waals surface area contributed by atoms with Gasteiger partial charge in [-0.15, -0.1) is 11.8 Å². The van der Waals surface area contributed by atoms with E-state index in [1.54, 1.807) is 28.8 Å². The zero-order valence-corrected chi connectivity index (χ0v) is 16.5. The number of aromatic nitrogens is 2. The highest BCUT2D eigenvalue weighted by atomic mass is 32.2. The average Bonchev–Trinajstić information content (AvgIpc) is 3.33. The molecule has 1 unspecified atom stereocenters. The summed E-state index contributed by atoms with van der Waals surface area (Å²) in [5.74, 6) is 1.89. The number of fused-ring (bicyclic) bond motifs is 1. The summed E-state index contributed by atoms with van der Waals surface area (Å²) in [6.07, 6.45) is 0. The number of imidazole rings is 1. The van der Waals surface area contributed by atoms with Crippen LogP contribution < -0.4 is 5.32 Å². The maximum Gasteiger partial charge on any atom is 0.255 e. The van der Waals surface area contributed by atoms with Gasteiger partial charge in [-0.1, -0.05) is 30.3 Å². The van der Waals surface area contributed by atoms with Crippen LogP contribution in [0.15, 0.2) is 54.6 Å². The van der Waals surface area contributed by atoms with E-state index in [-0.39, 0.29) is 11.8 Å². The molecule has 1 aliphatic rings. The van der Waals surface area contributed by atoms with E-state index in [1.165, 1.54) is 0 Å². The Balaban J connectivity index is 1.39. The summed E-state index contributed by atoms with van der Waals surface area (Å²) in [6, 6.07) is 16.7. The number of amides is 2. The summed E-state index contributed by atoms with van der Waals surface area (Å²) in [5, 5.41) is 3.00. The summed E-state index contributed by atoms with van der Waals surface area (Å²) in [7, 11) is 0. The van der Waals surface area contributed by atoms with Gasteiger partial charge in [-0.05, 0) is 31.2 Å². The van der Waals surface area contributed by atoms with Crippen LogP contribution in [0.4, 0.5) is 0 Å². The predicted octanol–water partition coefficient (Wildman–Crippen LogP) is 2.68. The molecule has 2 heterocycles. The van der Waals surface area contributed by atoms with Crippen LogP contribution in [0, 0.1) is 6.92 Å². The van der Waals surface area contributed by atoms with Crippen LogP contribution in [0.5, 0.6) is 0 Å². The van der Waals surface area contributed by atoms with Gasteiger partial charge < -0.3 is 14.8 Å². The minimum absolute atomic E-state index is 0.0952. The van der Waals surface area contributed by atoms with E-state index in [0.717, 1.165) is 16.9 Å². The first-order chi connectivity index (χ1) is 13.6. The molecule has 0 radical (unpaired) electrons. The number of aryl methyl sites for hydroxylation is 1. The third-order valence-electron chi connectivity index (χ3n) is 4.95. The van der Waals surface area contributed by atoms with Gasteiger partial charge in [-0.2, -0.15) is 0 Å².